The fourth-order valence-electron chi connectivity index (χ4n) is 4.60. The number of rotatable bonds is 6. The molecule has 2 aromatic carbocycles. The van der Waals surface area contributed by atoms with Crippen molar-refractivity contribution in [3.05, 3.63) is 57.6 Å². The number of methoxy groups -OCH3 is 2. The van der Waals surface area contributed by atoms with Gasteiger partial charge in [-0.05, 0) is 43.3 Å². The fraction of sp³-hybridized carbons (Fsp3) is 0.440. The second-order valence-electron chi connectivity index (χ2n) is 8.71. The van der Waals surface area contributed by atoms with Crippen LogP contribution >= 0.6 is 0 Å². The van der Waals surface area contributed by atoms with Crippen molar-refractivity contribution >= 4 is 23.2 Å². The van der Waals surface area contributed by atoms with Crippen molar-refractivity contribution in [3.8, 4) is 11.5 Å². The van der Waals surface area contributed by atoms with Crippen molar-refractivity contribution < 1.29 is 24.0 Å². The van der Waals surface area contributed by atoms with E-state index >= 15 is 0 Å². The summed E-state index contributed by atoms with van der Waals surface area (Å²) in [6, 6.07) is 9.71. The van der Waals surface area contributed by atoms with Crippen molar-refractivity contribution in [1.29, 1.82) is 0 Å². The van der Waals surface area contributed by atoms with E-state index in [1.165, 1.54) is 20.3 Å². The maximum absolute atomic E-state index is 13.0. The molecular weight excluding hydrogens is 466 g/mol. The summed E-state index contributed by atoms with van der Waals surface area (Å²) in [6.45, 7) is 4.44. The number of benzene rings is 2. The first-order valence-electron chi connectivity index (χ1n) is 12.0. The van der Waals surface area contributed by atoms with Gasteiger partial charge in [-0.1, -0.05) is 0 Å². The molecule has 2 aromatic rings. The van der Waals surface area contributed by atoms with Crippen LogP contribution in [0.4, 0.5) is 11.4 Å². The van der Waals surface area contributed by atoms with E-state index in [4.69, 9.17) is 9.47 Å². The summed E-state index contributed by atoms with van der Waals surface area (Å²) < 4.78 is 10.5. The maximum Gasteiger partial charge on any atom is 0.293 e. The molecule has 2 heterocycles. The summed E-state index contributed by atoms with van der Waals surface area (Å²) in [4.78, 5) is 42.8. The molecule has 11 heteroatoms. The Balaban J connectivity index is 1.46. The minimum atomic E-state index is -0.447. The standard InChI is InChI=1S/C25H31N5O6/c1-35-22-7-5-19(17-23(22)36-2)25(32)29-14-12-27(13-15-29)20-6-4-18(16-21(20)30(33)34)24(31)28-10-3-8-26-9-11-28/h4-7,16-17,26H,3,8-15H2,1-2H3. The van der Waals surface area contributed by atoms with Crippen LogP contribution in [0.3, 0.4) is 0 Å². The van der Waals surface area contributed by atoms with Crippen LogP contribution in [0.5, 0.6) is 11.5 Å². The van der Waals surface area contributed by atoms with E-state index in [9.17, 15) is 19.7 Å². The molecule has 2 amide bonds. The SMILES string of the molecule is COc1ccc(C(=O)N2CCN(c3ccc(C(=O)N4CCCNCC4)cc3[N+](=O)[O-])CC2)cc1OC. The first-order valence-corrected chi connectivity index (χ1v) is 12.0. The third kappa shape index (κ3) is 5.35. The highest BCUT2D eigenvalue weighted by atomic mass is 16.6. The van der Waals surface area contributed by atoms with Crippen LogP contribution in [0, 0.1) is 10.1 Å². The van der Waals surface area contributed by atoms with Crippen molar-refractivity contribution in [1.82, 2.24) is 15.1 Å². The van der Waals surface area contributed by atoms with Gasteiger partial charge < -0.3 is 29.5 Å². The van der Waals surface area contributed by atoms with Crippen LogP contribution in [0.25, 0.3) is 0 Å². The van der Waals surface area contributed by atoms with E-state index in [-0.39, 0.29) is 17.5 Å². The molecule has 4 rings (SSSR count). The fourth-order valence-corrected chi connectivity index (χ4v) is 4.60. The Morgan fingerprint density at radius 3 is 2.14 bits per heavy atom. The van der Waals surface area contributed by atoms with Gasteiger partial charge in [-0.3, -0.25) is 19.7 Å². The second-order valence-corrected chi connectivity index (χ2v) is 8.71. The number of piperazine rings is 1. The van der Waals surface area contributed by atoms with Crippen molar-refractivity contribution in [2.75, 3.05) is 71.5 Å². The Labute approximate surface area is 209 Å². The molecule has 11 nitrogen and oxygen atoms in total. The highest BCUT2D eigenvalue weighted by Gasteiger charge is 2.28. The molecule has 0 aromatic heterocycles. The summed E-state index contributed by atoms with van der Waals surface area (Å²) in [5.41, 5.74) is 1.15. The van der Waals surface area contributed by atoms with Gasteiger partial charge in [-0.25, -0.2) is 0 Å². The number of anilines is 1. The summed E-state index contributed by atoms with van der Waals surface area (Å²) >= 11 is 0. The third-order valence-electron chi connectivity index (χ3n) is 6.58. The normalized spacial score (nSPS) is 16.3. The number of nitro groups is 1. The van der Waals surface area contributed by atoms with Crippen LogP contribution in [-0.2, 0) is 0 Å². The van der Waals surface area contributed by atoms with E-state index in [2.05, 4.69) is 5.32 Å². The highest BCUT2D eigenvalue weighted by molar-refractivity contribution is 5.96. The van der Waals surface area contributed by atoms with Gasteiger partial charge in [-0.2, -0.15) is 0 Å². The van der Waals surface area contributed by atoms with Crippen LogP contribution in [0.2, 0.25) is 0 Å². The summed E-state index contributed by atoms with van der Waals surface area (Å²) in [5, 5.41) is 15.1. The van der Waals surface area contributed by atoms with E-state index in [0.29, 0.717) is 74.1 Å². The number of carbonyl (C=O) groups is 2. The van der Waals surface area contributed by atoms with Crippen LogP contribution in [0.15, 0.2) is 36.4 Å². The van der Waals surface area contributed by atoms with Crippen molar-refractivity contribution in [2.24, 2.45) is 0 Å². The van der Waals surface area contributed by atoms with Crippen molar-refractivity contribution in [3.63, 3.8) is 0 Å². The molecule has 0 atom stereocenters. The average Bonchev–Trinajstić information content (AvgIpc) is 3.21. The van der Waals surface area contributed by atoms with E-state index in [1.807, 2.05) is 4.90 Å². The molecule has 1 N–H and O–H groups in total. The number of nitro benzene ring substituents is 1. The zero-order valence-corrected chi connectivity index (χ0v) is 20.6. The number of amides is 2. The molecule has 2 fully saturated rings. The quantitative estimate of drug-likeness (QED) is 0.476. The Kier molecular flexibility index (Phi) is 7.89. The van der Waals surface area contributed by atoms with Gasteiger partial charge in [0.15, 0.2) is 11.5 Å². The maximum atomic E-state index is 13.0. The zero-order chi connectivity index (χ0) is 25.7. The molecule has 0 saturated carbocycles. The molecule has 192 valence electrons. The number of nitrogens with zero attached hydrogens (tertiary/aromatic N) is 4. The van der Waals surface area contributed by atoms with Gasteiger partial charge >= 0.3 is 0 Å². The summed E-state index contributed by atoms with van der Waals surface area (Å²) in [5.74, 6) is 0.681. The number of hydrogen-bond acceptors (Lipinski definition) is 8. The molecule has 2 aliphatic heterocycles. The molecule has 2 aliphatic rings. The molecule has 2 saturated heterocycles. The lowest BCUT2D eigenvalue weighted by molar-refractivity contribution is -0.384. The summed E-state index contributed by atoms with van der Waals surface area (Å²) in [6.07, 6.45) is 0.845. The highest BCUT2D eigenvalue weighted by Crippen LogP contribution is 2.32. The Morgan fingerprint density at radius 1 is 0.833 bits per heavy atom. The topological polar surface area (TPSA) is 117 Å². The zero-order valence-electron chi connectivity index (χ0n) is 20.6. The first-order chi connectivity index (χ1) is 17.4. The molecule has 0 bridgehead atoms. The predicted octanol–water partition coefficient (Wildman–Crippen LogP) is 2.01. The Morgan fingerprint density at radius 2 is 1.47 bits per heavy atom. The number of nitrogens with one attached hydrogen (secondary N) is 1. The lowest BCUT2D eigenvalue weighted by Crippen LogP contribution is -2.49. The monoisotopic (exact) mass is 497 g/mol. The minimum Gasteiger partial charge on any atom is -0.493 e. The third-order valence-corrected chi connectivity index (χ3v) is 6.58. The smallest absolute Gasteiger partial charge is 0.293 e. The predicted molar refractivity (Wildman–Crippen MR) is 134 cm³/mol. The Hall–Kier alpha value is -3.86. The summed E-state index contributed by atoms with van der Waals surface area (Å²) in [7, 11) is 3.05. The Bertz CT molecular complexity index is 1120. The van der Waals surface area contributed by atoms with Gasteiger partial charge in [0, 0.05) is 63.0 Å². The number of carbonyl (C=O) groups excluding carboxylic acids is 2. The molecule has 0 spiro atoms. The average molecular weight is 498 g/mol. The van der Waals surface area contributed by atoms with Gasteiger partial charge in [-0.15, -0.1) is 0 Å². The van der Waals surface area contributed by atoms with Gasteiger partial charge in [0.25, 0.3) is 17.5 Å². The van der Waals surface area contributed by atoms with Gasteiger partial charge in [0.2, 0.25) is 0 Å². The lowest BCUT2D eigenvalue weighted by atomic mass is 10.1. The van der Waals surface area contributed by atoms with E-state index in [1.54, 1.807) is 40.1 Å². The second kappa shape index (κ2) is 11.3. The molecule has 0 aliphatic carbocycles. The molecule has 0 unspecified atom stereocenters. The minimum absolute atomic E-state index is 0.103. The molecule has 36 heavy (non-hydrogen) atoms. The van der Waals surface area contributed by atoms with Crippen LogP contribution in [-0.4, -0.2) is 93.1 Å². The van der Waals surface area contributed by atoms with E-state index in [0.717, 1.165) is 13.0 Å². The van der Waals surface area contributed by atoms with Crippen LogP contribution < -0.4 is 19.7 Å². The number of hydrogen-bond donors (Lipinski definition) is 1. The van der Waals surface area contributed by atoms with Gasteiger partial charge in [0.1, 0.15) is 5.69 Å². The van der Waals surface area contributed by atoms with Crippen LogP contribution in [0.1, 0.15) is 27.1 Å². The van der Waals surface area contributed by atoms with Crippen molar-refractivity contribution in [2.45, 2.75) is 6.42 Å². The first kappa shape index (κ1) is 25.2. The lowest BCUT2D eigenvalue weighted by Gasteiger charge is -2.36. The molecule has 0 radical (unpaired) electrons. The number of ether oxygens (including phenoxy) is 2. The largest absolute Gasteiger partial charge is 0.493 e. The van der Waals surface area contributed by atoms with E-state index < -0.39 is 4.92 Å². The molecular formula is C25H31N5O6. The van der Waals surface area contributed by atoms with Gasteiger partial charge in [0.05, 0.1) is 19.1 Å².